The van der Waals surface area contributed by atoms with Gasteiger partial charge in [0.2, 0.25) is 16.5 Å². The molecule has 0 radical (unpaired) electrons. The van der Waals surface area contributed by atoms with Crippen molar-refractivity contribution in [3.05, 3.63) is 106 Å². The van der Waals surface area contributed by atoms with Gasteiger partial charge in [0.25, 0.3) is 0 Å². The van der Waals surface area contributed by atoms with Crippen LogP contribution >= 0.6 is 34.0 Å². The highest BCUT2D eigenvalue weighted by atomic mass is 32.1. The molecule has 0 bridgehead atoms. The number of hydrogen-bond acceptors (Lipinski definition) is 16. The first-order valence-corrected chi connectivity index (χ1v) is 20.4. The van der Waals surface area contributed by atoms with E-state index in [1.165, 1.54) is 4.88 Å². The number of rotatable bonds is 16. The van der Waals surface area contributed by atoms with Crippen LogP contribution in [-0.4, -0.2) is 59.9 Å². The minimum Gasteiger partial charge on any atom is -0.396 e. The molecule has 0 aliphatic carbocycles. The van der Waals surface area contributed by atoms with Crippen LogP contribution in [0.15, 0.2) is 35.1 Å². The van der Waals surface area contributed by atoms with Gasteiger partial charge in [-0.2, -0.15) is 23.4 Å². The van der Waals surface area contributed by atoms with E-state index in [0.29, 0.717) is 73.8 Å². The maximum Gasteiger partial charge on any atom is 0.477 e. The van der Waals surface area contributed by atoms with Crippen LogP contribution in [0, 0.1) is 46.4 Å². The number of nitrogen functional groups attached to an aromatic ring is 3. The minimum atomic E-state index is 0.178. The summed E-state index contributed by atoms with van der Waals surface area (Å²) in [5.41, 5.74) is 30.0. The topological polar surface area (TPSA) is 226 Å². The van der Waals surface area contributed by atoms with Crippen molar-refractivity contribution in [3.8, 4) is 0 Å². The Bertz CT molecular complexity index is 2170. The van der Waals surface area contributed by atoms with Crippen molar-refractivity contribution in [1.29, 1.82) is 0 Å². The molecule has 7 N–H and O–H groups in total. The lowest BCUT2D eigenvalue weighted by Crippen LogP contribution is -2.35. The Hall–Kier alpha value is -5.31. The third-order valence-electron chi connectivity index (χ3n) is 8.94. The van der Waals surface area contributed by atoms with Crippen LogP contribution in [0.3, 0.4) is 0 Å². The molecule has 0 amide bonds. The highest BCUT2D eigenvalue weighted by Gasteiger charge is 2.22. The lowest BCUT2D eigenvalue weighted by molar-refractivity contribution is -0.981. The maximum atomic E-state index is 12.0. The van der Waals surface area contributed by atoms with Gasteiger partial charge in [-0.15, -0.1) is 0 Å². The van der Waals surface area contributed by atoms with Gasteiger partial charge in [-0.05, 0) is 20.8 Å². The van der Waals surface area contributed by atoms with E-state index < -0.39 is 0 Å². The Kier molecular flexibility index (Phi) is 14.6. The van der Waals surface area contributed by atoms with Crippen molar-refractivity contribution in [2.24, 2.45) is 0 Å². The normalized spacial score (nSPS) is 11.0. The monoisotopic (exact) mass is 823 g/mol. The summed E-state index contributed by atoms with van der Waals surface area (Å²) in [7, 11) is 0. The van der Waals surface area contributed by atoms with Crippen molar-refractivity contribution in [1.82, 2.24) is 29.9 Å². The molecular formula is C36H49N13O4S3+4. The van der Waals surface area contributed by atoms with Crippen molar-refractivity contribution < 1.29 is 33.6 Å². The summed E-state index contributed by atoms with van der Waals surface area (Å²) >= 11 is 4.85. The third-order valence-corrected chi connectivity index (χ3v) is 12.4. The number of aromatic nitrogens is 9. The van der Waals surface area contributed by atoms with Gasteiger partial charge in [0.05, 0.1) is 31.3 Å². The lowest BCUT2D eigenvalue weighted by atomic mass is 10.2. The summed E-state index contributed by atoms with van der Waals surface area (Å²) in [6.07, 6.45) is 7.15. The van der Waals surface area contributed by atoms with Gasteiger partial charge in [0.15, 0.2) is 49.9 Å². The summed E-state index contributed by atoms with van der Waals surface area (Å²) in [6, 6.07) is 0. The SMILES string of the molecule is Cc1ncc(C[n+]2csc(CCO)c2C)c(N)n1.Cc1ncc(C[n+]2csc(CCO[N+](=O)OCCc3sc[n+](Cc4cnc(C)nc4N)c3C)c2C)c(N)n1. The summed E-state index contributed by atoms with van der Waals surface area (Å²) in [6.45, 7) is 14.0. The van der Waals surface area contributed by atoms with Gasteiger partial charge in [-0.25, -0.2) is 29.9 Å². The van der Waals surface area contributed by atoms with E-state index in [9.17, 15) is 4.91 Å². The van der Waals surface area contributed by atoms with E-state index in [4.69, 9.17) is 32.0 Å². The first-order chi connectivity index (χ1) is 26.8. The van der Waals surface area contributed by atoms with Crippen molar-refractivity contribution in [2.45, 2.75) is 80.4 Å². The Morgan fingerprint density at radius 3 is 1.21 bits per heavy atom. The molecular weight excluding hydrogens is 775 g/mol. The number of aliphatic hydroxyl groups is 1. The zero-order valence-corrected chi connectivity index (χ0v) is 34.9. The third kappa shape index (κ3) is 11.1. The Labute approximate surface area is 337 Å². The zero-order chi connectivity index (χ0) is 40.4. The molecule has 0 saturated heterocycles. The first kappa shape index (κ1) is 41.8. The molecule has 0 fully saturated rings. The standard InChI is InChI=1S/C24H32N9O3S2.C12H17N4OS/c1-15-21(37-13-31(15)11-19-9-27-17(3)29-23(19)25)5-7-35-33(34)36-8-6-22-16(2)32(14-38-22)12-20-10-28-18(4)30-24(20)26;1-8-11(3-4-17)18-7-16(8)6-10-5-14-9(2)15-12(10)13/h9-10,13-14H,5-8,11-12H2,1-4H3,(H2,25,27,29)(H2,26,28,30);5,7,17H,3-4,6H2,1-2H3,(H2,13,14,15)/q+3;+1. The molecule has 6 aromatic rings. The highest BCUT2D eigenvalue weighted by Crippen LogP contribution is 2.17. The van der Waals surface area contributed by atoms with Crippen molar-refractivity contribution >= 4 is 51.5 Å². The smallest absolute Gasteiger partial charge is 0.396 e. The Morgan fingerprint density at radius 2 is 0.911 bits per heavy atom. The molecule has 0 atom stereocenters. The van der Waals surface area contributed by atoms with Gasteiger partial charge in [0.1, 0.15) is 39.8 Å². The van der Waals surface area contributed by atoms with Crippen LogP contribution in [-0.2, 0) is 48.6 Å². The first-order valence-electron chi connectivity index (χ1n) is 17.8. The van der Waals surface area contributed by atoms with Crippen LogP contribution in [0.4, 0.5) is 17.5 Å². The van der Waals surface area contributed by atoms with Crippen molar-refractivity contribution in [2.75, 3.05) is 37.0 Å². The highest BCUT2D eigenvalue weighted by molar-refractivity contribution is 7.09. The molecule has 296 valence electrons. The molecule has 0 aromatic carbocycles. The second kappa shape index (κ2) is 19.5. The minimum absolute atomic E-state index is 0.178. The van der Waals surface area contributed by atoms with Crippen LogP contribution in [0.25, 0.3) is 0 Å². The van der Waals surface area contributed by atoms with Crippen LogP contribution in [0.5, 0.6) is 0 Å². The Balaban J connectivity index is 0.000000278. The Morgan fingerprint density at radius 1 is 0.589 bits per heavy atom. The van der Waals surface area contributed by atoms with Gasteiger partial charge in [-0.3, -0.25) is 0 Å². The summed E-state index contributed by atoms with van der Waals surface area (Å²) in [4.78, 5) is 51.1. The zero-order valence-electron chi connectivity index (χ0n) is 32.4. The van der Waals surface area contributed by atoms with Gasteiger partial charge in [0, 0.05) is 65.2 Å². The summed E-state index contributed by atoms with van der Waals surface area (Å²) in [5.74, 6) is 3.48. The molecule has 20 heteroatoms. The van der Waals surface area contributed by atoms with Crippen LogP contribution in [0.2, 0.25) is 0 Å². The molecule has 0 saturated carbocycles. The summed E-state index contributed by atoms with van der Waals surface area (Å²) < 4.78 is 6.29. The molecule has 56 heavy (non-hydrogen) atoms. The van der Waals surface area contributed by atoms with E-state index in [-0.39, 0.29) is 24.9 Å². The van der Waals surface area contributed by atoms with Crippen LogP contribution in [0.1, 0.15) is 65.9 Å². The summed E-state index contributed by atoms with van der Waals surface area (Å²) in [5, 5.41) is 9.17. The van der Waals surface area contributed by atoms with E-state index in [2.05, 4.69) is 43.6 Å². The average Bonchev–Trinajstić information content (AvgIpc) is 3.80. The molecule has 17 nitrogen and oxygen atoms in total. The predicted octanol–water partition coefficient (Wildman–Crippen LogP) is 2.49. The number of aliphatic hydroxyl groups excluding tert-OH is 1. The number of nitrogens with two attached hydrogens (primary N) is 3. The maximum absolute atomic E-state index is 12.0. The molecule has 6 heterocycles. The average molecular weight is 824 g/mol. The quantitative estimate of drug-likeness (QED) is 0.0814. The number of hydrogen-bond donors (Lipinski definition) is 4. The van der Waals surface area contributed by atoms with E-state index in [1.807, 2.05) is 58.1 Å². The lowest BCUT2D eigenvalue weighted by Gasteiger charge is -2.02. The molecule has 6 rings (SSSR count). The molecule has 0 aliphatic rings. The fourth-order valence-corrected chi connectivity index (χ4v) is 8.50. The number of thiazole rings is 3. The molecule has 0 aliphatic heterocycles. The van der Waals surface area contributed by atoms with Crippen LogP contribution < -0.4 is 30.9 Å². The van der Waals surface area contributed by atoms with Crippen molar-refractivity contribution in [3.63, 3.8) is 0 Å². The number of aryl methyl sites for hydroxylation is 3. The fraction of sp³-hybridized carbons (Fsp3) is 0.417. The molecule has 0 spiro atoms. The van der Waals surface area contributed by atoms with Gasteiger partial charge < -0.3 is 22.3 Å². The fourth-order valence-electron chi connectivity index (χ4n) is 5.56. The second-order valence-corrected chi connectivity index (χ2v) is 15.7. The predicted molar refractivity (Wildman–Crippen MR) is 212 cm³/mol. The van der Waals surface area contributed by atoms with Gasteiger partial charge >= 0.3 is 5.09 Å². The molecule has 6 aromatic heterocycles. The second-order valence-electron chi connectivity index (χ2n) is 12.9. The van der Waals surface area contributed by atoms with E-state index >= 15 is 0 Å². The number of anilines is 3. The van der Waals surface area contributed by atoms with Gasteiger partial charge in [-0.1, -0.05) is 34.0 Å². The van der Waals surface area contributed by atoms with E-state index in [0.717, 1.165) is 43.5 Å². The molecule has 0 unspecified atom stereocenters. The van der Waals surface area contributed by atoms with E-state index in [1.54, 1.807) is 52.6 Å². The number of nitrogens with zero attached hydrogens (tertiary/aromatic N) is 10. The largest absolute Gasteiger partial charge is 0.477 e.